The minimum atomic E-state index is -0.869. The molecule has 0 aromatic carbocycles. The summed E-state index contributed by atoms with van der Waals surface area (Å²) in [5, 5.41) is 23.2. The molecule has 0 rings (SSSR count). The van der Waals surface area contributed by atoms with Gasteiger partial charge in [-0.3, -0.25) is 4.79 Å². The molecule has 0 spiro atoms. The van der Waals surface area contributed by atoms with Crippen molar-refractivity contribution in [3.05, 3.63) is 36.5 Å². The number of carbonyl (C=O) groups excluding carboxylic acids is 1. The number of hydrogen-bond acceptors (Lipinski definition) is 3. The molecule has 4 heteroatoms. The average molecular weight is 983 g/mol. The molecule has 4 nitrogen and oxygen atoms in total. The fourth-order valence-corrected chi connectivity index (χ4v) is 10.2. The lowest BCUT2D eigenvalue weighted by atomic mass is 10.0. The van der Waals surface area contributed by atoms with Crippen molar-refractivity contribution in [1.82, 2.24) is 5.32 Å². The van der Waals surface area contributed by atoms with Gasteiger partial charge in [0.25, 0.3) is 0 Å². The number of nitrogens with one attached hydrogen (secondary N) is 1. The number of hydrogen-bond donors (Lipinski definition) is 3. The van der Waals surface area contributed by atoms with Crippen molar-refractivity contribution in [1.29, 1.82) is 0 Å². The number of allylic oxidation sites excluding steroid dienone is 5. The summed E-state index contributed by atoms with van der Waals surface area (Å²) in [7, 11) is 0. The zero-order chi connectivity index (χ0) is 50.6. The lowest BCUT2D eigenvalue weighted by Crippen LogP contribution is -2.45. The van der Waals surface area contributed by atoms with Crippen LogP contribution >= 0.6 is 0 Å². The monoisotopic (exact) mass is 982 g/mol. The summed E-state index contributed by atoms with van der Waals surface area (Å²) >= 11 is 0. The number of carbonyl (C=O) groups is 1. The lowest BCUT2D eigenvalue weighted by molar-refractivity contribution is -0.123. The second-order valence-electron chi connectivity index (χ2n) is 22.2. The first kappa shape index (κ1) is 68.6. The van der Waals surface area contributed by atoms with E-state index in [0.29, 0.717) is 6.42 Å². The van der Waals surface area contributed by atoms with Crippen molar-refractivity contribution in [2.24, 2.45) is 0 Å². The molecule has 0 fully saturated rings. The summed E-state index contributed by atoms with van der Waals surface area (Å²) in [6.45, 7) is 4.33. The van der Waals surface area contributed by atoms with Crippen LogP contribution in [0.1, 0.15) is 361 Å². The van der Waals surface area contributed by atoms with Gasteiger partial charge in [-0.15, -0.1) is 0 Å². The van der Waals surface area contributed by atoms with Gasteiger partial charge in [-0.05, 0) is 44.9 Å². The van der Waals surface area contributed by atoms with Crippen molar-refractivity contribution in [2.75, 3.05) is 6.61 Å². The van der Waals surface area contributed by atoms with Crippen LogP contribution in [0.5, 0.6) is 0 Å². The van der Waals surface area contributed by atoms with E-state index in [9.17, 15) is 15.0 Å². The third-order valence-electron chi connectivity index (χ3n) is 15.1. The van der Waals surface area contributed by atoms with Crippen LogP contribution in [-0.4, -0.2) is 34.9 Å². The SMILES string of the molecule is CCCCCCCCCCCCC/C=C/CC/C=C/CC/C=C/C(O)C(CO)NC(=O)CCCCCCCCCCCCCCCCCCCCCCCCCCCCCCCCCCCCCCC. The van der Waals surface area contributed by atoms with Crippen LogP contribution in [0.3, 0.4) is 0 Å². The number of rotatable bonds is 60. The number of amides is 1. The van der Waals surface area contributed by atoms with Crippen molar-refractivity contribution in [3.63, 3.8) is 0 Å². The first-order chi connectivity index (χ1) is 34.7. The first-order valence-electron chi connectivity index (χ1n) is 32.2. The maximum absolute atomic E-state index is 12.5. The predicted octanol–water partition coefficient (Wildman–Crippen LogP) is 21.6. The van der Waals surface area contributed by atoms with E-state index in [2.05, 4.69) is 43.5 Å². The van der Waals surface area contributed by atoms with Crippen LogP contribution < -0.4 is 5.32 Å². The summed E-state index contributed by atoms with van der Waals surface area (Å²) in [6, 6.07) is -0.644. The smallest absolute Gasteiger partial charge is 0.220 e. The quantitative estimate of drug-likeness (QED) is 0.0420. The van der Waals surface area contributed by atoms with E-state index in [1.165, 1.54) is 302 Å². The molecule has 0 aromatic rings. The van der Waals surface area contributed by atoms with Gasteiger partial charge in [-0.2, -0.15) is 0 Å². The average Bonchev–Trinajstić information content (AvgIpc) is 3.36. The second kappa shape index (κ2) is 61.9. The molecule has 2 unspecified atom stereocenters. The Hall–Kier alpha value is -1.39. The van der Waals surface area contributed by atoms with Gasteiger partial charge in [0.05, 0.1) is 18.8 Å². The van der Waals surface area contributed by atoms with Crippen LogP contribution in [0.4, 0.5) is 0 Å². The van der Waals surface area contributed by atoms with Crippen molar-refractivity contribution >= 4 is 5.91 Å². The minimum Gasteiger partial charge on any atom is -0.394 e. The maximum Gasteiger partial charge on any atom is 0.220 e. The molecule has 0 aliphatic carbocycles. The molecule has 0 aliphatic heterocycles. The molecular formula is C66H127NO3. The van der Waals surface area contributed by atoms with Gasteiger partial charge >= 0.3 is 0 Å². The maximum atomic E-state index is 12.5. The van der Waals surface area contributed by atoms with Gasteiger partial charge in [-0.25, -0.2) is 0 Å². The molecule has 0 saturated carbocycles. The van der Waals surface area contributed by atoms with Gasteiger partial charge < -0.3 is 15.5 Å². The Balaban J connectivity index is 3.43. The van der Waals surface area contributed by atoms with E-state index in [4.69, 9.17) is 0 Å². The van der Waals surface area contributed by atoms with E-state index in [-0.39, 0.29) is 12.5 Å². The summed E-state index contributed by atoms with van der Waals surface area (Å²) in [6.07, 6.45) is 85.0. The highest BCUT2D eigenvalue weighted by atomic mass is 16.3. The molecule has 0 aromatic heterocycles. The molecule has 3 N–H and O–H groups in total. The molecule has 70 heavy (non-hydrogen) atoms. The van der Waals surface area contributed by atoms with E-state index in [1.54, 1.807) is 6.08 Å². The number of aliphatic hydroxyl groups excluding tert-OH is 2. The summed E-state index contributed by atoms with van der Waals surface area (Å²) in [5.74, 6) is -0.0707. The van der Waals surface area contributed by atoms with Crippen molar-refractivity contribution in [2.45, 2.75) is 373 Å². The van der Waals surface area contributed by atoms with E-state index < -0.39 is 12.1 Å². The molecular weight excluding hydrogens is 855 g/mol. The van der Waals surface area contributed by atoms with Crippen LogP contribution in [0.15, 0.2) is 36.5 Å². The number of unbranched alkanes of at least 4 members (excludes halogenated alkanes) is 49. The van der Waals surface area contributed by atoms with Gasteiger partial charge in [0.15, 0.2) is 0 Å². The Morgan fingerprint density at radius 1 is 0.329 bits per heavy atom. The van der Waals surface area contributed by atoms with Gasteiger partial charge in [0, 0.05) is 6.42 Å². The molecule has 1 amide bonds. The van der Waals surface area contributed by atoms with Gasteiger partial charge in [-0.1, -0.05) is 346 Å². The normalized spacial score (nSPS) is 12.9. The minimum absolute atomic E-state index is 0.0707. The highest BCUT2D eigenvalue weighted by molar-refractivity contribution is 5.76. The zero-order valence-electron chi connectivity index (χ0n) is 47.8. The molecule has 2 atom stereocenters. The topological polar surface area (TPSA) is 69.6 Å². The van der Waals surface area contributed by atoms with Crippen molar-refractivity contribution in [3.8, 4) is 0 Å². The standard InChI is InChI=1S/C66H127NO3/c1-3-5-7-9-11-13-15-17-19-21-23-25-26-27-28-29-30-31-32-33-34-35-36-37-38-39-40-42-44-46-48-50-52-54-56-58-60-62-66(70)67-64(63-68)65(69)61-59-57-55-53-51-49-47-45-43-41-24-22-20-18-16-14-12-10-8-6-4-2/h43,45,51,53,59,61,64-65,68-69H,3-42,44,46-50,52,54-58,60,62-63H2,1-2H3,(H,67,70)/b45-43+,53-51+,61-59+. The van der Waals surface area contributed by atoms with Crippen LogP contribution in [0, 0.1) is 0 Å². The zero-order valence-corrected chi connectivity index (χ0v) is 47.8. The molecule has 0 saturated heterocycles. The third kappa shape index (κ3) is 57.5. The molecule has 0 heterocycles. The summed E-state index contributed by atoms with van der Waals surface area (Å²) < 4.78 is 0. The Morgan fingerprint density at radius 2 is 0.557 bits per heavy atom. The summed E-state index contributed by atoms with van der Waals surface area (Å²) in [4.78, 5) is 12.5. The lowest BCUT2D eigenvalue weighted by Gasteiger charge is -2.19. The van der Waals surface area contributed by atoms with E-state index >= 15 is 0 Å². The highest BCUT2D eigenvalue weighted by Gasteiger charge is 2.18. The third-order valence-corrected chi connectivity index (χ3v) is 15.1. The Bertz CT molecular complexity index is 1070. The van der Waals surface area contributed by atoms with Crippen LogP contribution in [0.2, 0.25) is 0 Å². The summed E-state index contributed by atoms with van der Waals surface area (Å²) in [5.41, 5.74) is 0. The van der Waals surface area contributed by atoms with Crippen molar-refractivity contribution < 1.29 is 15.0 Å². The predicted molar refractivity (Wildman–Crippen MR) is 313 cm³/mol. The van der Waals surface area contributed by atoms with Crippen LogP contribution in [0.25, 0.3) is 0 Å². The molecule has 0 aliphatic rings. The molecule has 414 valence electrons. The van der Waals surface area contributed by atoms with E-state index in [1.807, 2.05) is 6.08 Å². The van der Waals surface area contributed by atoms with E-state index in [0.717, 1.165) is 38.5 Å². The Morgan fingerprint density at radius 3 is 0.829 bits per heavy atom. The highest BCUT2D eigenvalue weighted by Crippen LogP contribution is 2.18. The largest absolute Gasteiger partial charge is 0.394 e. The number of aliphatic hydroxyl groups is 2. The Labute approximate surface area is 440 Å². The van der Waals surface area contributed by atoms with Gasteiger partial charge in [0.1, 0.15) is 0 Å². The first-order valence-corrected chi connectivity index (χ1v) is 32.2. The molecule has 0 bridgehead atoms. The van der Waals surface area contributed by atoms with Crippen LogP contribution in [-0.2, 0) is 4.79 Å². The van der Waals surface area contributed by atoms with Gasteiger partial charge in [0.2, 0.25) is 5.91 Å². The fraction of sp³-hybridized carbons (Fsp3) is 0.894. The fourth-order valence-electron chi connectivity index (χ4n) is 10.2. The second-order valence-corrected chi connectivity index (χ2v) is 22.2. The molecule has 0 radical (unpaired) electrons. The Kier molecular flexibility index (Phi) is 60.7.